The number of nitrogens with zero attached hydrogens (tertiary/aromatic N) is 1. The van der Waals surface area contributed by atoms with Gasteiger partial charge in [-0.2, -0.15) is 0 Å². The zero-order valence-electron chi connectivity index (χ0n) is 14.4. The highest BCUT2D eigenvalue weighted by Crippen LogP contribution is 2.24. The Labute approximate surface area is 152 Å². The van der Waals surface area contributed by atoms with Gasteiger partial charge in [0.2, 0.25) is 5.91 Å². The van der Waals surface area contributed by atoms with E-state index in [1.54, 1.807) is 0 Å². The van der Waals surface area contributed by atoms with E-state index in [1.807, 2.05) is 42.5 Å². The first-order chi connectivity index (χ1) is 12.1. The number of nitrogens with one attached hydrogen (secondary N) is 1. The molecule has 0 saturated heterocycles. The van der Waals surface area contributed by atoms with Crippen molar-refractivity contribution in [3.63, 3.8) is 0 Å². The molecule has 1 atom stereocenters. The highest BCUT2D eigenvalue weighted by molar-refractivity contribution is 7.99. The number of fused-ring (bicyclic) bond motifs is 1. The summed E-state index contributed by atoms with van der Waals surface area (Å²) in [5, 5.41) is 3.66. The molecule has 1 unspecified atom stereocenters. The van der Waals surface area contributed by atoms with Crippen molar-refractivity contribution in [2.45, 2.75) is 31.5 Å². The predicted octanol–water partition coefficient (Wildman–Crippen LogP) is 4.82. The van der Waals surface area contributed by atoms with Crippen LogP contribution in [0.4, 0.5) is 0 Å². The highest BCUT2D eigenvalue weighted by atomic mass is 32.2. The molecule has 0 bridgehead atoms. The number of para-hydroxylation sites is 2. The van der Waals surface area contributed by atoms with E-state index in [4.69, 9.17) is 4.42 Å². The number of carbonyl (C=O) groups is 1. The minimum absolute atomic E-state index is 0.0123. The monoisotopic (exact) mass is 354 g/mol. The van der Waals surface area contributed by atoms with Gasteiger partial charge in [-0.15, -0.1) is 0 Å². The summed E-state index contributed by atoms with van der Waals surface area (Å²) in [6, 6.07) is 17.7. The van der Waals surface area contributed by atoms with Crippen molar-refractivity contribution in [2.75, 3.05) is 5.75 Å². The SMILES string of the molecule is CC(C)CC(NC(=O)CSc1nc2ccccc2o1)c1ccccc1. The Hall–Kier alpha value is -2.27. The molecule has 0 radical (unpaired) electrons. The predicted molar refractivity (Wildman–Crippen MR) is 102 cm³/mol. The Bertz CT molecular complexity index is 797. The molecule has 1 amide bonds. The lowest BCUT2D eigenvalue weighted by molar-refractivity contribution is -0.119. The van der Waals surface area contributed by atoms with Gasteiger partial charge < -0.3 is 9.73 Å². The number of oxazole rings is 1. The minimum Gasteiger partial charge on any atom is -0.431 e. The van der Waals surface area contributed by atoms with Gasteiger partial charge in [-0.25, -0.2) is 4.98 Å². The number of carbonyl (C=O) groups excluding carboxylic acids is 1. The Morgan fingerprint density at radius 3 is 2.56 bits per heavy atom. The van der Waals surface area contributed by atoms with E-state index in [9.17, 15) is 4.79 Å². The third-order valence-electron chi connectivity index (χ3n) is 3.85. The second-order valence-corrected chi connectivity index (χ2v) is 7.32. The molecule has 1 heterocycles. The molecular weight excluding hydrogens is 332 g/mol. The quantitative estimate of drug-likeness (QED) is 0.618. The van der Waals surface area contributed by atoms with Crippen LogP contribution in [0.1, 0.15) is 31.9 Å². The van der Waals surface area contributed by atoms with Crippen molar-refractivity contribution in [3.05, 3.63) is 60.2 Å². The summed E-state index contributed by atoms with van der Waals surface area (Å²) < 4.78 is 5.64. The average Bonchev–Trinajstić information content (AvgIpc) is 3.03. The fraction of sp³-hybridized carbons (Fsp3) is 0.300. The number of hydrogen-bond donors (Lipinski definition) is 1. The van der Waals surface area contributed by atoms with Crippen molar-refractivity contribution in [3.8, 4) is 0 Å². The average molecular weight is 354 g/mol. The first kappa shape index (κ1) is 17.5. The molecule has 0 fully saturated rings. The Morgan fingerprint density at radius 2 is 1.84 bits per heavy atom. The fourth-order valence-corrected chi connectivity index (χ4v) is 3.36. The third-order valence-corrected chi connectivity index (χ3v) is 4.67. The third kappa shape index (κ3) is 4.86. The van der Waals surface area contributed by atoms with E-state index in [0.29, 0.717) is 11.1 Å². The van der Waals surface area contributed by atoms with E-state index in [1.165, 1.54) is 11.8 Å². The number of amides is 1. The molecule has 4 nitrogen and oxygen atoms in total. The number of thioether (sulfide) groups is 1. The highest BCUT2D eigenvalue weighted by Gasteiger charge is 2.17. The molecule has 0 spiro atoms. The Kier molecular flexibility index (Phi) is 5.76. The van der Waals surface area contributed by atoms with Gasteiger partial charge in [0.15, 0.2) is 5.58 Å². The Morgan fingerprint density at radius 1 is 1.12 bits per heavy atom. The molecule has 130 valence electrons. The topological polar surface area (TPSA) is 55.1 Å². The van der Waals surface area contributed by atoms with Gasteiger partial charge >= 0.3 is 0 Å². The number of hydrogen-bond acceptors (Lipinski definition) is 4. The first-order valence-corrected chi connectivity index (χ1v) is 9.43. The second-order valence-electron chi connectivity index (χ2n) is 6.40. The maximum Gasteiger partial charge on any atom is 0.257 e. The zero-order chi connectivity index (χ0) is 17.6. The van der Waals surface area contributed by atoms with Crippen LogP contribution in [-0.2, 0) is 4.79 Å². The summed E-state index contributed by atoms with van der Waals surface area (Å²) in [7, 11) is 0. The molecule has 0 aliphatic heterocycles. The largest absolute Gasteiger partial charge is 0.431 e. The van der Waals surface area contributed by atoms with Gasteiger partial charge in [0.1, 0.15) is 5.52 Å². The summed E-state index contributed by atoms with van der Waals surface area (Å²) in [4.78, 5) is 16.8. The lowest BCUT2D eigenvalue weighted by Gasteiger charge is -2.21. The molecule has 0 saturated carbocycles. The van der Waals surface area contributed by atoms with E-state index < -0.39 is 0 Å². The first-order valence-electron chi connectivity index (χ1n) is 8.44. The van der Waals surface area contributed by atoms with Gasteiger partial charge in [0, 0.05) is 0 Å². The van der Waals surface area contributed by atoms with Crippen molar-refractivity contribution in [2.24, 2.45) is 5.92 Å². The normalized spacial score (nSPS) is 12.4. The molecule has 3 aromatic rings. The maximum absolute atomic E-state index is 12.4. The standard InChI is InChI=1S/C20H22N2O2S/c1-14(2)12-17(15-8-4-3-5-9-15)21-19(23)13-25-20-22-16-10-6-7-11-18(16)24-20/h3-11,14,17H,12-13H2,1-2H3,(H,21,23). The molecule has 5 heteroatoms. The van der Waals surface area contributed by atoms with Gasteiger partial charge in [-0.3, -0.25) is 4.79 Å². The lowest BCUT2D eigenvalue weighted by Crippen LogP contribution is -2.30. The van der Waals surface area contributed by atoms with Crippen LogP contribution in [0.2, 0.25) is 0 Å². The molecule has 1 aromatic heterocycles. The van der Waals surface area contributed by atoms with Gasteiger partial charge in [-0.05, 0) is 30.0 Å². The minimum atomic E-state index is -0.0123. The van der Waals surface area contributed by atoms with Crippen LogP contribution in [0.25, 0.3) is 11.1 Å². The molecule has 1 N–H and O–H groups in total. The van der Waals surface area contributed by atoms with Gasteiger partial charge in [0.25, 0.3) is 5.22 Å². The van der Waals surface area contributed by atoms with Crippen LogP contribution in [0, 0.1) is 5.92 Å². The summed E-state index contributed by atoms with van der Waals surface area (Å²) >= 11 is 1.32. The molecule has 25 heavy (non-hydrogen) atoms. The van der Waals surface area contributed by atoms with Crippen LogP contribution in [-0.4, -0.2) is 16.6 Å². The second kappa shape index (κ2) is 8.21. The summed E-state index contributed by atoms with van der Waals surface area (Å²) in [5.74, 6) is 0.769. The van der Waals surface area contributed by atoms with Crippen LogP contribution in [0.3, 0.4) is 0 Å². The molecule has 3 rings (SSSR count). The zero-order valence-corrected chi connectivity index (χ0v) is 15.3. The van der Waals surface area contributed by atoms with Crippen LogP contribution >= 0.6 is 11.8 Å². The van der Waals surface area contributed by atoms with Crippen LogP contribution in [0.15, 0.2) is 64.2 Å². The Balaban J connectivity index is 1.61. The van der Waals surface area contributed by atoms with Gasteiger partial charge in [0.05, 0.1) is 11.8 Å². The number of aromatic nitrogens is 1. The van der Waals surface area contributed by atoms with Crippen LogP contribution < -0.4 is 5.32 Å². The van der Waals surface area contributed by atoms with E-state index in [0.717, 1.165) is 23.1 Å². The van der Waals surface area contributed by atoms with Crippen LogP contribution in [0.5, 0.6) is 0 Å². The molecular formula is C20H22N2O2S. The maximum atomic E-state index is 12.4. The van der Waals surface area contributed by atoms with Crippen molar-refractivity contribution in [1.29, 1.82) is 0 Å². The van der Waals surface area contributed by atoms with Gasteiger partial charge in [-0.1, -0.05) is 68.1 Å². The van der Waals surface area contributed by atoms with E-state index in [-0.39, 0.29) is 17.7 Å². The van der Waals surface area contributed by atoms with Crippen molar-refractivity contribution < 1.29 is 9.21 Å². The fourth-order valence-electron chi connectivity index (χ4n) is 2.71. The lowest BCUT2D eigenvalue weighted by atomic mass is 9.97. The summed E-state index contributed by atoms with van der Waals surface area (Å²) in [6.07, 6.45) is 0.906. The van der Waals surface area contributed by atoms with E-state index >= 15 is 0 Å². The molecule has 0 aliphatic rings. The summed E-state index contributed by atoms with van der Waals surface area (Å²) in [6.45, 7) is 4.32. The van der Waals surface area contributed by atoms with E-state index in [2.05, 4.69) is 36.3 Å². The van der Waals surface area contributed by atoms with Crippen molar-refractivity contribution in [1.82, 2.24) is 10.3 Å². The molecule has 0 aliphatic carbocycles. The smallest absolute Gasteiger partial charge is 0.257 e. The summed E-state index contributed by atoms with van der Waals surface area (Å²) in [5.41, 5.74) is 2.69. The number of rotatable bonds is 7. The van der Waals surface area contributed by atoms with Crippen molar-refractivity contribution >= 4 is 28.8 Å². The number of benzene rings is 2. The molecule has 2 aromatic carbocycles.